The minimum Gasteiger partial charge on any atom is -0.464 e. The first-order valence-electron chi connectivity index (χ1n) is 10.2. The van der Waals surface area contributed by atoms with Crippen LogP contribution in [0.15, 0.2) is 41.3 Å². The van der Waals surface area contributed by atoms with E-state index in [-0.39, 0.29) is 29.6 Å². The predicted molar refractivity (Wildman–Crippen MR) is 122 cm³/mol. The maximum Gasteiger partial charge on any atom is 0.302 e. The molecule has 2 unspecified atom stereocenters. The SMILES string of the molecule is CC(=O)OCCn1cc(N2C(=O)C(=O)C(C(=O)C(C)C)C2c2ccc(Cl)cc2)cc(Cl)c1=O. The zero-order valence-corrected chi connectivity index (χ0v) is 19.7. The van der Waals surface area contributed by atoms with Crippen molar-refractivity contribution in [3.63, 3.8) is 0 Å². The molecule has 2 aromatic rings. The van der Waals surface area contributed by atoms with Crippen molar-refractivity contribution in [1.29, 1.82) is 0 Å². The highest BCUT2D eigenvalue weighted by molar-refractivity contribution is 6.48. The second-order valence-electron chi connectivity index (χ2n) is 7.96. The van der Waals surface area contributed by atoms with Gasteiger partial charge in [-0.1, -0.05) is 49.2 Å². The first kappa shape index (κ1) is 24.7. The smallest absolute Gasteiger partial charge is 0.302 e. The average Bonchev–Trinajstić information content (AvgIpc) is 3.01. The van der Waals surface area contributed by atoms with E-state index in [4.69, 9.17) is 27.9 Å². The molecule has 1 saturated heterocycles. The fourth-order valence-corrected chi connectivity index (χ4v) is 4.11. The van der Waals surface area contributed by atoms with Gasteiger partial charge in [0.25, 0.3) is 11.5 Å². The highest BCUT2D eigenvalue weighted by atomic mass is 35.5. The molecule has 2 atom stereocenters. The number of amides is 1. The lowest BCUT2D eigenvalue weighted by atomic mass is 9.85. The molecule has 3 rings (SSSR count). The van der Waals surface area contributed by atoms with Gasteiger partial charge in [0.15, 0.2) is 0 Å². The molecule has 2 heterocycles. The van der Waals surface area contributed by atoms with Gasteiger partial charge < -0.3 is 9.30 Å². The molecule has 0 bridgehead atoms. The summed E-state index contributed by atoms with van der Waals surface area (Å²) in [5.41, 5.74) is 0.148. The molecule has 10 heteroatoms. The Bertz CT molecular complexity index is 1170. The van der Waals surface area contributed by atoms with E-state index in [1.54, 1.807) is 38.1 Å². The minimum absolute atomic E-state index is 0.0120. The number of carbonyl (C=O) groups excluding carboxylic acids is 4. The van der Waals surface area contributed by atoms with Crippen molar-refractivity contribution in [3.05, 3.63) is 62.5 Å². The highest BCUT2D eigenvalue weighted by Crippen LogP contribution is 2.41. The Morgan fingerprint density at radius 1 is 1.09 bits per heavy atom. The minimum atomic E-state index is -1.22. The van der Waals surface area contributed by atoms with Gasteiger partial charge in [-0.05, 0) is 23.8 Å². The summed E-state index contributed by atoms with van der Waals surface area (Å²) in [4.78, 5) is 63.7. The van der Waals surface area contributed by atoms with Crippen molar-refractivity contribution in [2.45, 2.75) is 33.4 Å². The number of anilines is 1. The van der Waals surface area contributed by atoms with Crippen LogP contribution < -0.4 is 10.5 Å². The molecule has 0 saturated carbocycles. The number of hydrogen-bond donors (Lipinski definition) is 0. The number of ketones is 2. The van der Waals surface area contributed by atoms with Gasteiger partial charge in [0.1, 0.15) is 23.3 Å². The largest absolute Gasteiger partial charge is 0.464 e. The van der Waals surface area contributed by atoms with Gasteiger partial charge in [-0.2, -0.15) is 0 Å². The van der Waals surface area contributed by atoms with E-state index < -0.39 is 41.1 Å². The third-order valence-corrected chi connectivity index (χ3v) is 5.86. The van der Waals surface area contributed by atoms with Crippen LogP contribution in [0.2, 0.25) is 10.0 Å². The van der Waals surface area contributed by atoms with E-state index >= 15 is 0 Å². The monoisotopic (exact) mass is 492 g/mol. The highest BCUT2D eigenvalue weighted by Gasteiger charge is 2.52. The standard InChI is InChI=1S/C23H22Cl2N2O6/c1-12(2)20(29)18-19(14-4-6-15(24)7-5-14)27(23(32)21(18)30)16-10-17(25)22(31)26(11-16)8-9-33-13(3)28/h4-7,10-12,18-19H,8-9H2,1-3H3. The molecule has 0 radical (unpaired) electrons. The summed E-state index contributed by atoms with van der Waals surface area (Å²) in [6.45, 7) is 4.46. The van der Waals surface area contributed by atoms with Crippen molar-refractivity contribution in [2.24, 2.45) is 11.8 Å². The second-order valence-corrected chi connectivity index (χ2v) is 8.80. The summed E-state index contributed by atoms with van der Waals surface area (Å²) < 4.78 is 6.08. The van der Waals surface area contributed by atoms with Crippen molar-refractivity contribution < 1.29 is 23.9 Å². The summed E-state index contributed by atoms with van der Waals surface area (Å²) in [7, 11) is 0. The van der Waals surface area contributed by atoms with E-state index in [1.165, 1.54) is 28.7 Å². The van der Waals surface area contributed by atoms with Gasteiger partial charge in [0.2, 0.25) is 5.78 Å². The predicted octanol–water partition coefficient (Wildman–Crippen LogP) is 3.22. The summed E-state index contributed by atoms with van der Waals surface area (Å²) in [6, 6.07) is 6.84. The molecule has 174 valence electrons. The average molecular weight is 493 g/mol. The number of ether oxygens (including phenoxy) is 1. The van der Waals surface area contributed by atoms with Crippen molar-refractivity contribution in [2.75, 3.05) is 11.5 Å². The molecular weight excluding hydrogens is 471 g/mol. The number of pyridine rings is 1. The zero-order valence-electron chi connectivity index (χ0n) is 18.2. The van der Waals surface area contributed by atoms with Gasteiger partial charge >= 0.3 is 5.97 Å². The van der Waals surface area contributed by atoms with Crippen LogP contribution in [0.25, 0.3) is 0 Å². The Kier molecular flexibility index (Phi) is 7.39. The van der Waals surface area contributed by atoms with Crippen LogP contribution in [0.3, 0.4) is 0 Å². The van der Waals surface area contributed by atoms with Crippen LogP contribution in [-0.2, 0) is 30.5 Å². The number of hydrogen-bond acceptors (Lipinski definition) is 6. The Hall–Kier alpha value is -2.97. The Morgan fingerprint density at radius 2 is 1.73 bits per heavy atom. The molecule has 1 aliphatic rings. The molecule has 8 nitrogen and oxygen atoms in total. The molecule has 1 aromatic carbocycles. The number of esters is 1. The molecule has 1 fully saturated rings. The summed E-state index contributed by atoms with van der Waals surface area (Å²) >= 11 is 12.1. The Labute approximate surface area is 200 Å². The maximum absolute atomic E-state index is 13.1. The van der Waals surface area contributed by atoms with Crippen molar-refractivity contribution in [3.8, 4) is 0 Å². The molecule has 1 aliphatic heterocycles. The summed E-state index contributed by atoms with van der Waals surface area (Å²) in [5.74, 6) is -4.30. The van der Waals surface area contributed by atoms with Gasteiger partial charge in [-0.3, -0.25) is 28.9 Å². The summed E-state index contributed by atoms with van der Waals surface area (Å²) in [5, 5.41) is 0.263. The molecule has 1 aromatic heterocycles. The van der Waals surface area contributed by atoms with E-state index in [0.29, 0.717) is 10.6 Å². The van der Waals surface area contributed by atoms with Crippen LogP contribution in [0.4, 0.5) is 5.69 Å². The van der Waals surface area contributed by atoms with Crippen LogP contribution in [0.1, 0.15) is 32.4 Å². The number of nitrogens with zero attached hydrogens (tertiary/aromatic N) is 2. The number of aromatic nitrogens is 1. The number of Topliss-reactive ketones (excluding diaryl/α,β-unsaturated/α-hetero) is 2. The van der Waals surface area contributed by atoms with Crippen LogP contribution in [-0.4, -0.2) is 34.6 Å². The normalized spacial score (nSPS) is 18.2. The number of rotatable bonds is 7. The Balaban J connectivity index is 2.13. The van der Waals surface area contributed by atoms with E-state index in [9.17, 15) is 24.0 Å². The molecule has 0 spiro atoms. The van der Waals surface area contributed by atoms with Crippen LogP contribution in [0, 0.1) is 11.8 Å². The van der Waals surface area contributed by atoms with E-state index in [0.717, 1.165) is 0 Å². The summed E-state index contributed by atoms with van der Waals surface area (Å²) in [6.07, 6.45) is 1.36. The third-order valence-electron chi connectivity index (χ3n) is 5.34. The van der Waals surface area contributed by atoms with Gasteiger partial charge in [0.05, 0.1) is 18.3 Å². The second kappa shape index (κ2) is 9.89. The number of carbonyl (C=O) groups is 4. The molecular formula is C23H22Cl2N2O6. The topological polar surface area (TPSA) is 103 Å². The van der Waals surface area contributed by atoms with E-state index in [2.05, 4.69) is 0 Å². The van der Waals surface area contributed by atoms with Crippen LogP contribution >= 0.6 is 23.2 Å². The molecule has 0 N–H and O–H groups in total. The fraction of sp³-hybridized carbons (Fsp3) is 0.348. The Morgan fingerprint density at radius 3 is 2.30 bits per heavy atom. The van der Waals surface area contributed by atoms with Crippen molar-refractivity contribution >= 4 is 52.3 Å². The number of benzene rings is 1. The fourth-order valence-electron chi connectivity index (χ4n) is 3.76. The lowest BCUT2D eigenvalue weighted by Crippen LogP contribution is -2.33. The molecule has 1 amide bonds. The molecule has 0 aliphatic carbocycles. The lowest BCUT2D eigenvalue weighted by molar-refractivity contribution is -0.141. The third kappa shape index (κ3) is 5.02. The van der Waals surface area contributed by atoms with Crippen molar-refractivity contribution in [1.82, 2.24) is 4.57 Å². The van der Waals surface area contributed by atoms with Crippen LogP contribution in [0.5, 0.6) is 0 Å². The van der Waals surface area contributed by atoms with E-state index in [1.807, 2.05) is 0 Å². The van der Waals surface area contributed by atoms with Gasteiger partial charge in [0, 0.05) is 24.1 Å². The first-order valence-corrected chi connectivity index (χ1v) is 11.0. The maximum atomic E-state index is 13.1. The zero-order chi connectivity index (χ0) is 24.4. The molecule has 33 heavy (non-hydrogen) atoms. The lowest BCUT2D eigenvalue weighted by Gasteiger charge is -2.28. The quantitative estimate of drug-likeness (QED) is 0.334. The van der Waals surface area contributed by atoms with Gasteiger partial charge in [-0.25, -0.2) is 0 Å². The van der Waals surface area contributed by atoms with Gasteiger partial charge in [-0.15, -0.1) is 0 Å². The first-order chi connectivity index (χ1) is 15.5. The number of halogens is 2.